The number of rotatable bonds is 1. The lowest BCUT2D eigenvalue weighted by Gasteiger charge is -1.97. The molecule has 0 spiro atoms. The summed E-state index contributed by atoms with van der Waals surface area (Å²) in [5.74, 6) is -2.37. The number of thiol groups is 1. The molecule has 0 aliphatic rings. The average Bonchev–Trinajstić information content (AvgIpc) is 1.97. The lowest BCUT2D eigenvalue weighted by atomic mass is 10.3. The van der Waals surface area contributed by atoms with Gasteiger partial charge < -0.3 is 0 Å². The third-order valence-electron chi connectivity index (χ3n) is 1.20. The highest BCUT2D eigenvalue weighted by Crippen LogP contribution is 2.21. The molecular formula is C6H3ClF2O2S. The molecule has 0 heterocycles. The minimum Gasteiger partial charge on any atom is -0.227 e. The summed E-state index contributed by atoms with van der Waals surface area (Å²) in [6.45, 7) is 0. The fourth-order valence-electron chi connectivity index (χ4n) is 0.684. The van der Waals surface area contributed by atoms with Gasteiger partial charge >= 0.3 is 0 Å². The van der Waals surface area contributed by atoms with E-state index in [1.807, 2.05) is 0 Å². The Morgan fingerprint density at radius 1 is 1.25 bits per heavy atom. The maximum absolute atomic E-state index is 12.8. The zero-order chi connectivity index (χ0) is 9.30. The van der Waals surface area contributed by atoms with Gasteiger partial charge in [0.15, 0.2) is 16.5 Å². The van der Waals surface area contributed by atoms with Gasteiger partial charge in [-0.3, -0.25) is 0 Å². The SMILES string of the molecule is O=[SH](=O)c1c(F)ccc(Cl)c1F. The monoisotopic (exact) mass is 212 g/mol. The molecule has 1 rings (SSSR count). The molecule has 0 radical (unpaired) electrons. The van der Waals surface area contributed by atoms with Crippen LogP contribution >= 0.6 is 11.6 Å². The van der Waals surface area contributed by atoms with E-state index in [2.05, 4.69) is 0 Å². The highest BCUT2D eigenvalue weighted by atomic mass is 35.5. The van der Waals surface area contributed by atoms with Gasteiger partial charge in [0.1, 0.15) is 10.7 Å². The van der Waals surface area contributed by atoms with Crippen molar-refractivity contribution in [2.24, 2.45) is 0 Å². The molecule has 12 heavy (non-hydrogen) atoms. The summed E-state index contributed by atoms with van der Waals surface area (Å²) in [5.41, 5.74) is 0. The van der Waals surface area contributed by atoms with E-state index >= 15 is 0 Å². The molecular weight excluding hydrogens is 210 g/mol. The molecule has 0 aliphatic heterocycles. The van der Waals surface area contributed by atoms with Gasteiger partial charge in [-0.2, -0.15) is 0 Å². The predicted octanol–water partition coefficient (Wildman–Crippen LogP) is 1.59. The Morgan fingerprint density at radius 3 is 2.25 bits per heavy atom. The van der Waals surface area contributed by atoms with Crippen LogP contribution < -0.4 is 0 Å². The van der Waals surface area contributed by atoms with Gasteiger partial charge in [0.2, 0.25) is 0 Å². The summed E-state index contributed by atoms with van der Waals surface area (Å²) in [6.07, 6.45) is 0. The van der Waals surface area contributed by atoms with E-state index in [1.54, 1.807) is 0 Å². The summed E-state index contributed by atoms with van der Waals surface area (Å²) in [7, 11) is -3.29. The Balaban J connectivity index is 3.54. The first kappa shape index (κ1) is 9.41. The van der Waals surface area contributed by atoms with Crippen LogP contribution in [0.3, 0.4) is 0 Å². The van der Waals surface area contributed by atoms with Gasteiger partial charge in [-0.15, -0.1) is 0 Å². The second-order valence-electron chi connectivity index (χ2n) is 1.95. The molecule has 2 nitrogen and oxygen atoms in total. The number of hydrogen-bond donors (Lipinski definition) is 1. The first-order valence-corrected chi connectivity index (χ1v) is 4.37. The number of benzene rings is 1. The lowest BCUT2D eigenvalue weighted by Crippen LogP contribution is -1.93. The van der Waals surface area contributed by atoms with E-state index in [-0.39, 0.29) is 0 Å². The zero-order valence-electron chi connectivity index (χ0n) is 5.55. The van der Waals surface area contributed by atoms with Gasteiger partial charge in [0, 0.05) is 0 Å². The molecule has 66 valence electrons. The molecule has 0 saturated carbocycles. The minimum atomic E-state index is -3.29. The van der Waals surface area contributed by atoms with Gasteiger partial charge in [0.25, 0.3) is 0 Å². The van der Waals surface area contributed by atoms with Crippen LogP contribution in [-0.2, 0) is 10.7 Å². The quantitative estimate of drug-likeness (QED) is 0.567. The molecule has 0 saturated heterocycles. The van der Waals surface area contributed by atoms with E-state index in [1.165, 1.54) is 0 Å². The van der Waals surface area contributed by atoms with E-state index in [4.69, 9.17) is 11.6 Å². The summed E-state index contributed by atoms with van der Waals surface area (Å²) >= 11 is 5.22. The van der Waals surface area contributed by atoms with E-state index < -0.39 is 32.3 Å². The average molecular weight is 213 g/mol. The first-order chi connectivity index (χ1) is 5.54. The standard InChI is InChI=1S/C6H3ClF2O2S/c7-3-1-2-4(8)6(5(3)9)12(10)11/h1-2,12H. The van der Waals surface area contributed by atoms with Gasteiger partial charge in [-0.1, -0.05) is 11.6 Å². The summed E-state index contributed by atoms with van der Waals surface area (Å²) < 4.78 is 45.9. The van der Waals surface area contributed by atoms with Gasteiger partial charge in [0.05, 0.1) is 5.02 Å². The van der Waals surface area contributed by atoms with Crippen molar-refractivity contribution >= 4 is 22.3 Å². The van der Waals surface area contributed by atoms with Crippen molar-refractivity contribution in [2.45, 2.75) is 4.90 Å². The van der Waals surface area contributed by atoms with E-state index in [9.17, 15) is 17.2 Å². The Morgan fingerprint density at radius 2 is 1.83 bits per heavy atom. The molecule has 6 heteroatoms. The van der Waals surface area contributed by atoms with Crippen LogP contribution in [-0.4, -0.2) is 8.42 Å². The van der Waals surface area contributed by atoms with E-state index in [0.717, 1.165) is 12.1 Å². The third-order valence-corrected chi connectivity index (χ3v) is 2.27. The third kappa shape index (κ3) is 1.56. The molecule has 0 fully saturated rings. The van der Waals surface area contributed by atoms with Crippen molar-refractivity contribution in [1.82, 2.24) is 0 Å². The van der Waals surface area contributed by atoms with Crippen molar-refractivity contribution < 1.29 is 17.2 Å². The predicted molar refractivity (Wildman–Crippen MR) is 39.9 cm³/mol. The maximum Gasteiger partial charge on any atom is 0.174 e. The van der Waals surface area contributed by atoms with Crippen LogP contribution in [0.4, 0.5) is 8.78 Å². The topological polar surface area (TPSA) is 34.1 Å². The van der Waals surface area contributed by atoms with Crippen LogP contribution in [0.5, 0.6) is 0 Å². The van der Waals surface area contributed by atoms with Crippen LogP contribution in [0.2, 0.25) is 5.02 Å². The van der Waals surface area contributed by atoms with Crippen LogP contribution in [0, 0.1) is 11.6 Å². The van der Waals surface area contributed by atoms with Crippen LogP contribution in [0.15, 0.2) is 17.0 Å². The fourth-order valence-corrected chi connectivity index (χ4v) is 1.44. The number of halogens is 3. The van der Waals surface area contributed by atoms with E-state index in [0.29, 0.717) is 0 Å². The molecule has 0 unspecified atom stereocenters. The maximum atomic E-state index is 12.8. The first-order valence-electron chi connectivity index (χ1n) is 2.82. The molecule has 0 atom stereocenters. The zero-order valence-corrected chi connectivity index (χ0v) is 7.20. The number of hydrogen-bond acceptors (Lipinski definition) is 2. The molecule has 1 aromatic rings. The van der Waals surface area contributed by atoms with Crippen molar-refractivity contribution in [1.29, 1.82) is 0 Å². The van der Waals surface area contributed by atoms with Crippen LogP contribution in [0.1, 0.15) is 0 Å². The van der Waals surface area contributed by atoms with Crippen molar-refractivity contribution in [2.75, 3.05) is 0 Å². The molecule has 0 aliphatic carbocycles. The second kappa shape index (κ2) is 3.37. The van der Waals surface area contributed by atoms with Crippen molar-refractivity contribution in [3.63, 3.8) is 0 Å². The Bertz CT molecular complexity index is 381. The highest BCUT2D eigenvalue weighted by Gasteiger charge is 2.14. The van der Waals surface area contributed by atoms with Crippen LogP contribution in [0.25, 0.3) is 0 Å². The molecule has 0 bridgehead atoms. The lowest BCUT2D eigenvalue weighted by molar-refractivity contribution is 0.526. The van der Waals surface area contributed by atoms with Crippen molar-refractivity contribution in [3.8, 4) is 0 Å². The van der Waals surface area contributed by atoms with Crippen molar-refractivity contribution in [3.05, 3.63) is 28.8 Å². The minimum absolute atomic E-state index is 0.411. The smallest absolute Gasteiger partial charge is 0.174 e. The summed E-state index contributed by atoms with van der Waals surface area (Å²) in [4.78, 5) is -0.988. The molecule has 0 N–H and O–H groups in total. The Labute approximate surface area is 73.7 Å². The summed E-state index contributed by atoms with van der Waals surface area (Å²) in [6, 6.07) is 1.75. The van der Waals surface area contributed by atoms with Gasteiger partial charge in [-0.25, -0.2) is 17.2 Å². The summed E-state index contributed by atoms with van der Waals surface area (Å²) in [5, 5.41) is -0.411. The molecule has 0 aromatic heterocycles. The largest absolute Gasteiger partial charge is 0.227 e. The normalized spacial score (nSPS) is 10.7. The highest BCUT2D eigenvalue weighted by molar-refractivity contribution is 7.72. The molecule has 1 aromatic carbocycles. The second-order valence-corrected chi connectivity index (χ2v) is 3.32. The Hall–Kier alpha value is -0.680. The molecule has 0 amide bonds. The Kier molecular flexibility index (Phi) is 2.64. The van der Waals surface area contributed by atoms with Gasteiger partial charge in [-0.05, 0) is 12.1 Å². The fraction of sp³-hybridized carbons (Fsp3) is 0.